The fourth-order valence-electron chi connectivity index (χ4n) is 3.99. The Morgan fingerprint density at radius 3 is 2.55 bits per heavy atom. The summed E-state index contributed by atoms with van der Waals surface area (Å²) >= 11 is 1.05. The van der Waals surface area contributed by atoms with Gasteiger partial charge in [-0.15, -0.1) is 11.3 Å². The highest BCUT2D eigenvalue weighted by Crippen LogP contribution is 2.37. The SMILES string of the molecule is CC(C)c1cc2c(c(C(C)C)c1CC(=O)N[SH](N)(=O)c1cnc(C(C)(C)O)s1)COC2. The minimum absolute atomic E-state index is 0.0899. The smallest absolute Gasteiger partial charge is 0.235 e. The molecule has 0 saturated carbocycles. The van der Waals surface area contributed by atoms with Gasteiger partial charge in [0.25, 0.3) is 0 Å². The summed E-state index contributed by atoms with van der Waals surface area (Å²) in [5.74, 6) is 0.0518. The molecular weight excluding hydrogens is 434 g/mol. The molecule has 1 aliphatic heterocycles. The van der Waals surface area contributed by atoms with E-state index in [1.807, 2.05) is 0 Å². The summed E-state index contributed by atoms with van der Waals surface area (Å²) < 4.78 is 21.6. The number of ether oxygens (including phenoxy) is 1. The van der Waals surface area contributed by atoms with Crippen LogP contribution in [0, 0.1) is 0 Å². The van der Waals surface area contributed by atoms with Crippen molar-refractivity contribution in [3.8, 4) is 0 Å². The van der Waals surface area contributed by atoms with Crippen molar-refractivity contribution < 1.29 is 18.8 Å². The van der Waals surface area contributed by atoms with Crippen molar-refractivity contribution in [2.75, 3.05) is 0 Å². The number of hydrogen-bond donors (Lipinski definition) is 4. The van der Waals surface area contributed by atoms with Gasteiger partial charge < -0.3 is 9.84 Å². The van der Waals surface area contributed by atoms with Crippen molar-refractivity contribution in [3.63, 3.8) is 0 Å². The lowest BCUT2D eigenvalue weighted by Gasteiger charge is -2.24. The number of nitrogens with zero attached hydrogens (tertiary/aromatic N) is 1. The maximum atomic E-state index is 13.1. The van der Waals surface area contributed by atoms with Gasteiger partial charge in [-0.1, -0.05) is 33.8 Å². The molecule has 1 aromatic heterocycles. The van der Waals surface area contributed by atoms with Crippen molar-refractivity contribution in [2.24, 2.45) is 5.14 Å². The van der Waals surface area contributed by atoms with Crippen LogP contribution in [0.25, 0.3) is 0 Å². The summed E-state index contributed by atoms with van der Waals surface area (Å²) in [5, 5.41) is 16.5. The fourth-order valence-corrected chi connectivity index (χ4v) is 6.37. The number of fused-ring (bicyclic) bond motifs is 1. The van der Waals surface area contributed by atoms with Gasteiger partial charge in [0.2, 0.25) is 5.91 Å². The van der Waals surface area contributed by atoms with E-state index < -0.39 is 21.8 Å². The second-order valence-corrected chi connectivity index (χ2v) is 12.6. The third kappa shape index (κ3) is 5.06. The van der Waals surface area contributed by atoms with E-state index in [1.165, 1.54) is 11.8 Å². The van der Waals surface area contributed by atoms with E-state index in [-0.39, 0.29) is 22.5 Å². The van der Waals surface area contributed by atoms with Crippen molar-refractivity contribution >= 4 is 27.5 Å². The van der Waals surface area contributed by atoms with Gasteiger partial charge in [-0.3, -0.25) is 14.7 Å². The summed E-state index contributed by atoms with van der Waals surface area (Å²) in [5.41, 5.74) is 4.39. The van der Waals surface area contributed by atoms with Crippen LogP contribution in [0.4, 0.5) is 0 Å². The lowest BCUT2D eigenvalue weighted by molar-refractivity contribution is -0.118. The van der Waals surface area contributed by atoms with Crippen LogP contribution in [0.1, 0.15) is 86.2 Å². The van der Waals surface area contributed by atoms with Crippen LogP contribution in [0.15, 0.2) is 16.5 Å². The first kappa shape index (κ1) is 24.0. The van der Waals surface area contributed by atoms with E-state index in [1.54, 1.807) is 13.8 Å². The van der Waals surface area contributed by atoms with Gasteiger partial charge in [0.1, 0.15) is 14.8 Å². The molecule has 172 valence electrons. The fraction of sp³-hybridized carbons (Fsp3) is 0.545. The molecule has 31 heavy (non-hydrogen) atoms. The van der Waals surface area contributed by atoms with E-state index in [2.05, 4.69) is 43.5 Å². The van der Waals surface area contributed by atoms with Crippen LogP contribution >= 0.6 is 11.3 Å². The van der Waals surface area contributed by atoms with E-state index in [4.69, 9.17) is 9.88 Å². The highest BCUT2D eigenvalue weighted by molar-refractivity contribution is 8.01. The molecule has 0 spiro atoms. The number of hydrogen-bond acceptors (Lipinski definition) is 6. The molecule has 1 aromatic carbocycles. The highest BCUT2D eigenvalue weighted by Gasteiger charge is 2.28. The van der Waals surface area contributed by atoms with Crippen LogP contribution in [-0.4, -0.2) is 20.2 Å². The predicted octanol–water partition coefficient (Wildman–Crippen LogP) is 3.17. The molecule has 1 aliphatic rings. The van der Waals surface area contributed by atoms with Gasteiger partial charge >= 0.3 is 0 Å². The van der Waals surface area contributed by atoms with Crippen molar-refractivity contribution in [1.82, 2.24) is 9.71 Å². The first-order valence-corrected chi connectivity index (χ1v) is 13.0. The average molecular weight is 468 g/mol. The number of carbonyl (C=O) groups excluding carboxylic acids is 1. The van der Waals surface area contributed by atoms with E-state index >= 15 is 0 Å². The molecule has 0 aliphatic carbocycles. The molecule has 0 radical (unpaired) electrons. The van der Waals surface area contributed by atoms with Gasteiger partial charge in [0.05, 0.1) is 25.8 Å². The monoisotopic (exact) mass is 467 g/mol. The maximum Gasteiger partial charge on any atom is 0.235 e. The number of aliphatic hydroxyl groups is 1. The molecule has 0 fully saturated rings. The Morgan fingerprint density at radius 2 is 2.00 bits per heavy atom. The first-order valence-electron chi connectivity index (χ1n) is 10.5. The van der Waals surface area contributed by atoms with Crippen LogP contribution in [-0.2, 0) is 45.1 Å². The molecule has 0 atom stereocenters. The van der Waals surface area contributed by atoms with Crippen LogP contribution in [0.5, 0.6) is 0 Å². The number of nitrogens with one attached hydrogen (secondary N) is 1. The molecule has 0 bridgehead atoms. The van der Waals surface area contributed by atoms with E-state index in [9.17, 15) is 14.1 Å². The van der Waals surface area contributed by atoms with E-state index in [0.717, 1.165) is 33.6 Å². The number of thiol groups is 1. The number of rotatable bonds is 7. The van der Waals surface area contributed by atoms with Gasteiger partial charge in [-0.25, -0.2) is 9.19 Å². The van der Waals surface area contributed by atoms with Gasteiger partial charge in [-0.2, -0.15) is 0 Å². The molecule has 1 amide bonds. The maximum absolute atomic E-state index is 13.1. The predicted molar refractivity (Wildman–Crippen MR) is 124 cm³/mol. The first-order chi connectivity index (χ1) is 14.3. The number of amides is 1. The highest BCUT2D eigenvalue weighted by atomic mass is 32.3. The second kappa shape index (κ2) is 8.71. The van der Waals surface area contributed by atoms with Gasteiger partial charge in [-0.05, 0) is 53.5 Å². The Labute approximate surface area is 189 Å². The van der Waals surface area contributed by atoms with Crippen molar-refractivity contribution in [3.05, 3.63) is 45.1 Å². The van der Waals surface area contributed by atoms with E-state index in [0.29, 0.717) is 18.2 Å². The lowest BCUT2D eigenvalue weighted by Crippen LogP contribution is -2.43. The Hall–Kier alpha value is -1.65. The third-order valence-electron chi connectivity index (χ3n) is 5.39. The van der Waals surface area contributed by atoms with Crippen LogP contribution in [0.3, 0.4) is 0 Å². The minimum Gasteiger partial charge on any atom is -0.383 e. The summed E-state index contributed by atoms with van der Waals surface area (Å²) in [7, 11) is -3.66. The topological polar surface area (TPSA) is 115 Å². The molecule has 9 heteroatoms. The Kier molecular flexibility index (Phi) is 6.74. The number of nitrogens with two attached hydrogens (primary N) is 1. The summed E-state index contributed by atoms with van der Waals surface area (Å²) in [6.45, 7) is 12.8. The zero-order chi connectivity index (χ0) is 23.1. The van der Waals surface area contributed by atoms with Crippen LogP contribution < -0.4 is 9.86 Å². The Bertz CT molecular complexity index is 1040. The Morgan fingerprint density at radius 1 is 1.32 bits per heavy atom. The molecule has 4 N–H and O–H groups in total. The number of thiazole rings is 1. The number of aromatic nitrogens is 1. The largest absolute Gasteiger partial charge is 0.383 e. The molecule has 2 aromatic rings. The standard InChI is InChI=1S/C22H33N3O4S2/c1-12(2)15-7-14-10-29-11-17(14)20(13(3)4)16(15)8-18(26)25-31(23,28)19-9-24-21(30-19)22(5,6)27/h7,9,12-13,27,31H,8,10-11H2,1-6H3,(H3,23,25,26,28). The zero-order valence-corrected chi connectivity index (χ0v) is 20.7. The minimum atomic E-state index is -3.66. The number of carbonyl (C=O) groups is 1. The molecule has 0 unspecified atom stereocenters. The van der Waals surface area contributed by atoms with Crippen LogP contribution in [0.2, 0.25) is 0 Å². The third-order valence-corrected chi connectivity index (χ3v) is 8.94. The molecular formula is C22H33N3O4S2. The second-order valence-electron chi connectivity index (χ2n) is 9.23. The summed E-state index contributed by atoms with van der Waals surface area (Å²) in [6.07, 6.45) is 1.46. The van der Waals surface area contributed by atoms with Crippen molar-refractivity contribution in [2.45, 2.75) is 82.8 Å². The zero-order valence-electron chi connectivity index (χ0n) is 19.0. The van der Waals surface area contributed by atoms with Crippen molar-refractivity contribution in [1.29, 1.82) is 0 Å². The molecule has 7 nitrogen and oxygen atoms in total. The average Bonchev–Trinajstić information content (AvgIpc) is 3.29. The lowest BCUT2D eigenvalue weighted by atomic mass is 9.82. The molecule has 2 heterocycles. The van der Waals surface area contributed by atoms with Gasteiger partial charge in [0, 0.05) is 10.3 Å². The molecule has 0 saturated heterocycles. The summed E-state index contributed by atoms with van der Waals surface area (Å²) in [4.78, 5) is 17.1. The summed E-state index contributed by atoms with van der Waals surface area (Å²) in [6, 6.07) is 2.14. The quantitative estimate of drug-likeness (QED) is 0.467. The van der Waals surface area contributed by atoms with Gasteiger partial charge in [0.15, 0.2) is 0 Å². The number of benzene rings is 1. The molecule has 3 rings (SSSR count). The Balaban J connectivity index is 1.91. The normalized spacial score (nSPS) is 14.9.